The number of rotatable bonds is 7. The maximum Gasteiger partial charge on any atom is 0.416 e. The minimum atomic E-state index is -4.64. The van der Waals surface area contributed by atoms with E-state index < -0.39 is 35.3 Å². The lowest BCUT2D eigenvalue weighted by Crippen LogP contribution is -2.44. The molecule has 1 aromatic carbocycles. The minimum Gasteiger partial charge on any atom is -0.339 e. The van der Waals surface area contributed by atoms with Crippen molar-refractivity contribution in [1.29, 1.82) is 0 Å². The molecule has 1 heterocycles. The lowest BCUT2D eigenvalue weighted by Gasteiger charge is -2.35. The number of amides is 1. The molecule has 3 nitrogen and oxygen atoms in total. The third-order valence-electron chi connectivity index (χ3n) is 5.51. The zero-order valence-electron chi connectivity index (χ0n) is 17.9. The molecule has 2 N–H and O–H groups in total. The van der Waals surface area contributed by atoms with Crippen molar-refractivity contribution >= 4 is 5.91 Å². The SMILES string of the molecule is C=CC=C(/C=C(\C(=C)C)C(=O)N1CCC([C@H](N)Cc2cc(F)ccc2F)CC1)C(F)(F)F. The first-order valence-electron chi connectivity index (χ1n) is 10.2. The van der Waals surface area contributed by atoms with Crippen molar-refractivity contribution in [1.82, 2.24) is 4.90 Å². The van der Waals surface area contributed by atoms with Crippen LogP contribution in [0, 0.1) is 17.6 Å². The first kappa shape index (κ1) is 25.5. The van der Waals surface area contributed by atoms with Gasteiger partial charge in [0.05, 0.1) is 5.57 Å². The Morgan fingerprint density at radius 2 is 1.91 bits per heavy atom. The van der Waals surface area contributed by atoms with Gasteiger partial charge in [-0.15, -0.1) is 0 Å². The monoisotopic (exact) mass is 454 g/mol. The van der Waals surface area contributed by atoms with Gasteiger partial charge in [0, 0.05) is 24.7 Å². The van der Waals surface area contributed by atoms with Crippen LogP contribution in [0.1, 0.15) is 25.3 Å². The van der Waals surface area contributed by atoms with Crippen LogP contribution in [-0.4, -0.2) is 36.1 Å². The Hall–Kier alpha value is -2.74. The second kappa shape index (κ2) is 10.7. The molecule has 1 aliphatic heterocycles. The highest BCUT2D eigenvalue weighted by Gasteiger charge is 2.34. The summed E-state index contributed by atoms with van der Waals surface area (Å²) in [6, 6.07) is 2.77. The molecular formula is C24H27F5N2O. The van der Waals surface area contributed by atoms with Crippen LogP contribution < -0.4 is 5.73 Å². The van der Waals surface area contributed by atoms with Gasteiger partial charge >= 0.3 is 6.18 Å². The van der Waals surface area contributed by atoms with Gasteiger partial charge in [0.15, 0.2) is 0 Å². The number of nitrogens with zero attached hydrogens (tertiary/aromatic N) is 1. The number of hydrogen-bond donors (Lipinski definition) is 1. The predicted octanol–water partition coefficient (Wildman–Crippen LogP) is 5.25. The molecule has 0 unspecified atom stereocenters. The summed E-state index contributed by atoms with van der Waals surface area (Å²) in [6.45, 7) is 8.99. The fourth-order valence-corrected chi connectivity index (χ4v) is 3.70. The van der Waals surface area contributed by atoms with Crippen LogP contribution in [0.3, 0.4) is 0 Å². The van der Waals surface area contributed by atoms with Crippen LogP contribution in [0.5, 0.6) is 0 Å². The van der Waals surface area contributed by atoms with Crippen LogP contribution in [0.2, 0.25) is 0 Å². The highest BCUT2D eigenvalue weighted by molar-refractivity contribution is 5.98. The summed E-state index contributed by atoms with van der Waals surface area (Å²) >= 11 is 0. The fourth-order valence-electron chi connectivity index (χ4n) is 3.70. The molecule has 0 aromatic heterocycles. The Balaban J connectivity index is 2.08. The van der Waals surface area contributed by atoms with E-state index in [2.05, 4.69) is 13.2 Å². The van der Waals surface area contributed by atoms with Crippen molar-refractivity contribution in [3.05, 3.63) is 83.5 Å². The van der Waals surface area contributed by atoms with E-state index in [1.807, 2.05) is 0 Å². The first-order valence-corrected chi connectivity index (χ1v) is 10.2. The summed E-state index contributed by atoms with van der Waals surface area (Å²) in [5, 5.41) is 0. The van der Waals surface area contributed by atoms with Gasteiger partial charge in [-0.1, -0.05) is 25.3 Å². The Labute approximate surface area is 184 Å². The van der Waals surface area contributed by atoms with Crippen molar-refractivity contribution in [3.8, 4) is 0 Å². The summed E-state index contributed by atoms with van der Waals surface area (Å²) in [5.41, 5.74) is 5.51. The number of halogens is 5. The summed E-state index contributed by atoms with van der Waals surface area (Å²) in [7, 11) is 0. The molecule has 0 spiro atoms. The average molecular weight is 454 g/mol. The van der Waals surface area contributed by atoms with E-state index in [9.17, 15) is 26.7 Å². The zero-order chi connectivity index (χ0) is 24.1. The highest BCUT2D eigenvalue weighted by Crippen LogP contribution is 2.30. The number of hydrogen-bond acceptors (Lipinski definition) is 2. The van der Waals surface area contributed by atoms with Crippen LogP contribution in [0.15, 0.2) is 66.3 Å². The van der Waals surface area contributed by atoms with E-state index in [1.54, 1.807) is 0 Å². The predicted molar refractivity (Wildman–Crippen MR) is 115 cm³/mol. The van der Waals surface area contributed by atoms with Gasteiger partial charge in [0.1, 0.15) is 11.6 Å². The molecule has 1 fully saturated rings. The summed E-state index contributed by atoms with van der Waals surface area (Å²) < 4.78 is 67.0. The van der Waals surface area contributed by atoms with Crippen molar-refractivity contribution in [2.75, 3.05) is 13.1 Å². The van der Waals surface area contributed by atoms with E-state index in [1.165, 1.54) is 11.8 Å². The molecule has 0 aliphatic carbocycles. The number of carbonyl (C=O) groups excluding carboxylic acids is 1. The molecule has 1 atom stereocenters. The molecule has 1 amide bonds. The van der Waals surface area contributed by atoms with Crippen molar-refractivity contribution in [3.63, 3.8) is 0 Å². The Kier molecular flexibility index (Phi) is 8.55. The third-order valence-corrected chi connectivity index (χ3v) is 5.51. The van der Waals surface area contributed by atoms with Crippen LogP contribution in [0.25, 0.3) is 0 Å². The molecule has 0 radical (unpaired) electrons. The van der Waals surface area contributed by atoms with Gasteiger partial charge in [-0.3, -0.25) is 4.79 Å². The van der Waals surface area contributed by atoms with E-state index in [4.69, 9.17) is 5.73 Å². The molecule has 174 valence electrons. The van der Waals surface area contributed by atoms with Gasteiger partial charge in [0.2, 0.25) is 0 Å². The van der Waals surface area contributed by atoms with Crippen molar-refractivity contribution in [2.45, 2.75) is 38.4 Å². The smallest absolute Gasteiger partial charge is 0.339 e. The number of allylic oxidation sites excluding steroid dienone is 4. The van der Waals surface area contributed by atoms with Gasteiger partial charge < -0.3 is 10.6 Å². The minimum absolute atomic E-state index is 0.0367. The number of likely N-dealkylation sites (tertiary alicyclic amines) is 1. The number of alkyl halides is 3. The molecule has 0 saturated carbocycles. The molecule has 2 rings (SSSR count). The molecular weight excluding hydrogens is 427 g/mol. The molecule has 8 heteroatoms. The van der Waals surface area contributed by atoms with E-state index in [0.717, 1.165) is 36.4 Å². The second-order valence-corrected chi connectivity index (χ2v) is 7.93. The summed E-state index contributed by atoms with van der Waals surface area (Å²) in [4.78, 5) is 14.4. The normalized spacial score (nSPS) is 17.3. The maximum atomic E-state index is 13.9. The van der Waals surface area contributed by atoms with E-state index in [-0.39, 0.29) is 29.0 Å². The maximum absolute atomic E-state index is 13.9. The number of carbonyl (C=O) groups is 1. The average Bonchev–Trinajstić information content (AvgIpc) is 2.72. The Morgan fingerprint density at radius 1 is 1.28 bits per heavy atom. The molecule has 1 aromatic rings. The second-order valence-electron chi connectivity index (χ2n) is 7.93. The molecule has 32 heavy (non-hydrogen) atoms. The van der Waals surface area contributed by atoms with Crippen LogP contribution in [0.4, 0.5) is 22.0 Å². The van der Waals surface area contributed by atoms with Gasteiger partial charge in [0.25, 0.3) is 5.91 Å². The number of piperidine rings is 1. The number of nitrogens with two attached hydrogens (primary N) is 1. The highest BCUT2D eigenvalue weighted by atomic mass is 19.4. The lowest BCUT2D eigenvalue weighted by molar-refractivity contribution is -0.128. The Morgan fingerprint density at radius 3 is 2.44 bits per heavy atom. The first-order chi connectivity index (χ1) is 14.9. The van der Waals surface area contributed by atoms with E-state index in [0.29, 0.717) is 25.9 Å². The van der Waals surface area contributed by atoms with Gasteiger partial charge in [-0.25, -0.2) is 8.78 Å². The molecule has 0 bridgehead atoms. The van der Waals surface area contributed by atoms with Crippen molar-refractivity contribution < 1.29 is 26.7 Å². The van der Waals surface area contributed by atoms with Crippen LogP contribution >= 0.6 is 0 Å². The lowest BCUT2D eigenvalue weighted by atomic mass is 9.86. The summed E-state index contributed by atoms with van der Waals surface area (Å²) in [5.74, 6) is -1.65. The van der Waals surface area contributed by atoms with E-state index >= 15 is 0 Å². The largest absolute Gasteiger partial charge is 0.416 e. The quantitative estimate of drug-likeness (QED) is 0.348. The van der Waals surface area contributed by atoms with Crippen molar-refractivity contribution in [2.24, 2.45) is 11.7 Å². The van der Waals surface area contributed by atoms with Crippen LogP contribution in [-0.2, 0) is 11.2 Å². The topological polar surface area (TPSA) is 46.3 Å². The third kappa shape index (κ3) is 6.63. The Bertz CT molecular complexity index is 925. The van der Waals surface area contributed by atoms with Gasteiger partial charge in [-0.2, -0.15) is 13.2 Å². The standard InChI is InChI=1S/C24H27F5N2O/c1-4-5-18(24(27,28)29)14-20(15(2)3)23(32)31-10-8-16(9-11-31)22(30)13-17-12-19(25)6-7-21(17)26/h4-7,12,14,16,22H,1-2,8-11,13,30H2,3H3/b18-5?,20-14+/t22-/m1/s1. The fraction of sp³-hybridized carbons (Fsp3) is 0.375. The zero-order valence-corrected chi connectivity index (χ0v) is 17.9. The number of benzene rings is 1. The van der Waals surface area contributed by atoms with Gasteiger partial charge in [-0.05, 0) is 67.5 Å². The summed E-state index contributed by atoms with van der Waals surface area (Å²) in [6.07, 6.45) is -0.885. The molecule has 1 saturated heterocycles. The molecule has 1 aliphatic rings.